The molecule has 1 aromatic heterocycles. The lowest BCUT2D eigenvalue weighted by Gasteiger charge is -2.34. The Balaban J connectivity index is 1.63. The van der Waals surface area contributed by atoms with Crippen molar-refractivity contribution in [3.05, 3.63) is 48.3 Å². The molecule has 2 heterocycles. The van der Waals surface area contributed by atoms with E-state index in [0.717, 1.165) is 19.0 Å². The molecular weight excluding hydrogens is 300 g/mol. The first-order chi connectivity index (χ1) is 11.8. The normalized spacial score (nSPS) is 20.0. The fourth-order valence-electron chi connectivity index (χ4n) is 3.47. The number of ether oxygens (including phenoxy) is 1. The Morgan fingerprint density at radius 2 is 2.17 bits per heavy atom. The summed E-state index contributed by atoms with van der Waals surface area (Å²) in [5.41, 5.74) is 1.39. The molecule has 130 valence electrons. The van der Waals surface area contributed by atoms with Crippen LogP contribution in [0.1, 0.15) is 31.4 Å². The topological polar surface area (TPSA) is 42.3 Å². The Hall–Kier alpha value is -1.85. The van der Waals surface area contributed by atoms with Gasteiger partial charge in [0.15, 0.2) is 0 Å². The molecule has 2 aromatic rings. The van der Waals surface area contributed by atoms with Crippen molar-refractivity contribution >= 4 is 5.95 Å². The maximum Gasteiger partial charge on any atom is 0.203 e. The van der Waals surface area contributed by atoms with Gasteiger partial charge in [-0.2, -0.15) is 0 Å². The first-order valence-electron chi connectivity index (χ1n) is 8.81. The van der Waals surface area contributed by atoms with Crippen molar-refractivity contribution in [2.45, 2.75) is 38.4 Å². The van der Waals surface area contributed by atoms with Crippen LogP contribution < -0.4 is 5.32 Å². The summed E-state index contributed by atoms with van der Waals surface area (Å²) in [6.45, 7) is 6.05. The molecule has 1 N–H and O–H groups in total. The zero-order valence-corrected chi connectivity index (χ0v) is 14.7. The lowest BCUT2D eigenvalue weighted by atomic mass is 10.0. The molecule has 1 aromatic carbocycles. The van der Waals surface area contributed by atoms with Gasteiger partial charge >= 0.3 is 0 Å². The highest BCUT2D eigenvalue weighted by Crippen LogP contribution is 2.25. The van der Waals surface area contributed by atoms with Crippen molar-refractivity contribution in [1.29, 1.82) is 0 Å². The number of hydrogen-bond donors (Lipinski definition) is 1. The van der Waals surface area contributed by atoms with Crippen molar-refractivity contribution in [2.75, 3.05) is 32.1 Å². The summed E-state index contributed by atoms with van der Waals surface area (Å²) in [6, 6.07) is 11.5. The van der Waals surface area contributed by atoms with E-state index in [4.69, 9.17) is 4.74 Å². The first kappa shape index (κ1) is 17.0. The fraction of sp³-hybridized carbons (Fsp3) is 0.526. The minimum absolute atomic E-state index is 0.250. The van der Waals surface area contributed by atoms with E-state index >= 15 is 0 Å². The summed E-state index contributed by atoms with van der Waals surface area (Å²) < 4.78 is 7.51. The van der Waals surface area contributed by atoms with Crippen LogP contribution in [0.4, 0.5) is 5.95 Å². The van der Waals surface area contributed by atoms with E-state index in [1.807, 2.05) is 6.20 Å². The molecule has 0 aliphatic carbocycles. The Bertz CT molecular complexity index is 613. The number of hydrogen-bond acceptors (Lipinski definition) is 4. The standard InChI is InChI=1S/C19H28N4O/c1-16(15-24-2)21-19-20-10-12-23(19)18-9-6-11-22(14-18)13-17-7-4-3-5-8-17/h3-5,7-8,10,12,16,18H,6,9,11,13-15H2,1-2H3,(H,20,21). The van der Waals surface area contributed by atoms with Crippen molar-refractivity contribution in [2.24, 2.45) is 0 Å². The van der Waals surface area contributed by atoms with Crippen molar-refractivity contribution in [3.63, 3.8) is 0 Å². The summed E-state index contributed by atoms with van der Waals surface area (Å²) in [5.74, 6) is 0.950. The average molecular weight is 328 g/mol. The van der Waals surface area contributed by atoms with Gasteiger partial charge in [0.1, 0.15) is 0 Å². The highest BCUT2D eigenvalue weighted by atomic mass is 16.5. The smallest absolute Gasteiger partial charge is 0.203 e. The van der Waals surface area contributed by atoms with Crippen LogP contribution in [0.25, 0.3) is 0 Å². The summed E-state index contributed by atoms with van der Waals surface area (Å²) in [5, 5.41) is 3.46. The van der Waals surface area contributed by atoms with Gasteiger partial charge < -0.3 is 14.6 Å². The monoisotopic (exact) mass is 328 g/mol. The zero-order valence-electron chi connectivity index (χ0n) is 14.7. The van der Waals surface area contributed by atoms with Gasteiger partial charge in [0.2, 0.25) is 5.95 Å². The molecule has 2 unspecified atom stereocenters. The number of likely N-dealkylation sites (tertiary alicyclic amines) is 1. The number of anilines is 1. The molecule has 5 nitrogen and oxygen atoms in total. The summed E-state index contributed by atoms with van der Waals surface area (Å²) in [4.78, 5) is 7.05. The second-order valence-electron chi connectivity index (χ2n) is 6.68. The van der Waals surface area contributed by atoms with Gasteiger partial charge in [-0.05, 0) is 31.9 Å². The number of benzene rings is 1. The molecule has 3 rings (SSSR count). The van der Waals surface area contributed by atoms with E-state index in [-0.39, 0.29) is 6.04 Å². The van der Waals surface area contributed by atoms with E-state index in [9.17, 15) is 0 Å². The maximum absolute atomic E-state index is 5.21. The highest BCUT2D eigenvalue weighted by Gasteiger charge is 2.23. The molecule has 1 aliphatic heterocycles. The molecule has 2 atom stereocenters. The van der Waals surface area contributed by atoms with Crippen LogP contribution in [-0.2, 0) is 11.3 Å². The SMILES string of the molecule is COCC(C)Nc1nccn1C1CCCN(Cc2ccccc2)C1. The number of nitrogens with one attached hydrogen (secondary N) is 1. The predicted octanol–water partition coefficient (Wildman–Crippen LogP) is 3.17. The Morgan fingerprint density at radius 1 is 1.33 bits per heavy atom. The number of imidazole rings is 1. The van der Waals surface area contributed by atoms with E-state index in [2.05, 4.69) is 63.2 Å². The quantitative estimate of drug-likeness (QED) is 0.848. The molecule has 24 heavy (non-hydrogen) atoms. The maximum atomic E-state index is 5.21. The molecule has 1 saturated heterocycles. The van der Waals surface area contributed by atoms with E-state index < -0.39 is 0 Å². The number of nitrogens with zero attached hydrogens (tertiary/aromatic N) is 3. The molecule has 0 amide bonds. The lowest BCUT2D eigenvalue weighted by molar-refractivity contribution is 0.170. The number of rotatable bonds is 7. The molecule has 0 bridgehead atoms. The fourth-order valence-corrected chi connectivity index (χ4v) is 3.47. The van der Waals surface area contributed by atoms with Gasteiger partial charge in [-0.15, -0.1) is 0 Å². The molecule has 0 radical (unpaired) electrons. The summed E-state index contributed by atoms with van der Waals surface area (Å²) in [6.07, 6.45) is 6.41. The van der Waals surface area contributed by atoms with Gasteiger partial charge in [0, 0.05) is 44.7 Å². The van der Waals surface area contributed by atoms with Crippen molar-refractivity contribution < 1.29 is 4.74 Å². The number of piperidine rings is 1. The molecule has 0 spiro atoms. The third-order valence-corrected chi connectivity index (χ3v) is 4.58. The second kappa shape index (κ2) is 8.31. The average Bonchev–Trinajstić information content (AvgIpc) is 3.04. The molecule has 1 aliphatic rings. The van der Waals surface area contributed by atoms with Gasteiger partial charge in [0.05, 0.1) is 6.61 Å². The lowest BCUT2D eigenvalue weighted by Crippen LogP contribution is -2.36. The van der Waals surface area contributed by atoms with E-state index in [0.29, 0.717) is 12.6 Å². The van der Waals surface area contributed by atoms with Crippen molar-refractivity contribution in [1.82, 2.24) is 14.5 Å². The Kier molecular flexibility index (Phi) is 5.88. The van der Waals surface area contributed by atoms with Gasteiger partial charge in [-0.25, -0.2) is 4.98 Å². The van der Waals surface area contributed by atoms with Crippen LogP contribution >= 0.6 is 0 Å². The molecule has 0 saturated carbocycles. The highest BCUT2D eigenvalue weighted by molar-refractivity contribution is 5.28. The first-order valence-corrected chi connectivity index (χ1v) is 8.81. The van der Waals surface area contributed by atoms with Crippen LogP contribution in [0.15, 0.2) is 42.7 Å². The third kappa shape index (κ3) is 4.36. The second-order valence-corrected chi connectivity index (χ2v) is 6.68. The molecule has 1 fully saturated rings. The molecular formula is C19H28N4O. The largest absolute Gasteiger partial charge is 0.383 e. The zero-order chi connectivity index (χ0) is 16.8. The van der Waals surface area contributed by atoms with E-state index in [1.165, 1.54) is 24.9 Å². The third-order valence-electron chi connectivity index (χ3n) is 4.58. The van der Waals surface area contributed by atoms with Crippen LogP contribution in [-0.4, -0.2) is 47.3 Å². The van der Waals surface area contributed by atoms with Crippen LogP contribution in [0.3, 0.4) is 0 Å². The van der Waals surface area contributed by atoms with Crippen LogP contribution in [0.5, 0.6) is 0 Å². The number of methoxy groups -OCH3 is 1. The van der Waals surface area contributed by atoms with Gasteiger partial charge in [-0.1, -0.05) is 30.3 Å². The van der Waals surface area contributed by atoms with Crippen LogP contribution in [0, 0.1) is 0 Å². The van der Waals surface area contributed by atoms with Crippen LogP contribution in [0.2, 0.25) is 0 Å². The summed E-state index contributed by atoms with van der Waals surface area (Å²) in [7, 11) is 1.73. The summed E-state index contributed by atoms with van der Waals surface area (Å²) >= 11 is 0. The minimum atomic E-state index is 0.250. The molecule has 5 heteroatoms. The number of aromatic nitrogens is 2. The van der Waals surface area contributed by atoms with Crippen molar-refractivity contribution in [3.8, 4) is 0 Å². The Morgan fingerprint density at radius 3 is 2.96 bits per heavy atom. The van der Waals surface area contributed by atoms with Gasteiger partial charge in [0.25, 0.3) is 0 Å². The minimum Gasteiger partial charge on any atom is -0.383 e. The van der Waals surface area contributed by atoms with Gasteiger partial charge in [-0.3, -0.25) is 4.90 Å². The predicted molar refractivity (Wildman–Crippen MR) is 97.2 cm³/mol. The van der Waals surface area contributed by atoms with E-state index in [1.54, 1.807) is 7.11 Å². The Labute approximate surface area is 144 Å².